The summed E-state index contributed by atoms with van der Waals surface area (Å²) in [7, 11) is 0. The van der Waals surface area contributed by atoms with Crippen LogP contribution in [0, 0.1) is 0 Å². The molecule has 38 heavy (non-hydrogen) atoms. The second-order valence-corrected chi connectivity index (χ2v) is 11.0. The first-order valence-electron chi connectivity index (χ1n) is 13.3. The molecule has 2 heteroatoms. The fourth-order valence-corrected chi connectivity index (χ4v) is 7.21. The molecule has 8 rings (SSSR count). The number of hydrogen-bond donors (Lipinski definition) is 0. The van der Waals surface area contributed by atoms with Gasteiger partial charge in [-0.2, -0.15) is 0 Å². The Kier molecular flexibility index (Phi) is 4.24. The third-order valence-corrected chi connectivity index (χ3v) is 8.80. The lowest BCUT2D eigenvalue weighted by Gasteiger charge is -2.46. The summed E-state index contributed by atoms with van der Waals surface area (Å²) in [6.45, 7) is 4.72. The molecule has 6 aromatic rings. The van der Waals surface area contributed by atoms with Gasteiger partial charge in [0.25, 0.3) is 0 Å². The second-order valence-electron chi connectivity index (χ2n) is 11.0. The molecule has 0 N–H and O–H groups in total. The zero-order chi connectivity index (χ0) is 25.5. The molecule has 0 bridgehead atoms. The van der Waals surface area contributed by atoms with Crippen LogP contribution in [0.25, 0.3) is 33.4 Å². The standard InChI is InChI=1S/C36H26N2/c1-35(2)26-15-5-7-17-28(26)36(29-18-8-6-16-27(29)35)25-14-4-3-12-23(25)34-24(13-11-19-30(34)36)33-22-37-31-20-9-10-21-32(31)38-33/h3-22H,1-2H3. The van der Waals surface area contributed by atoms with Gasteiger partial charge < -0.3 is 0 Å². The van der Waals surface area contributed by atoms with Crippen LogP contribution in [-0.2, 0) is 10.8 Å². The average Bonchev–Trinajstić information content (AvgIpc) is 3.27. The minimum absolute atomic E-state index is 0.0996. The normalized spacial score (nSPS) is 15.5. The minimum Gasteiger partial charge on any atom is -0.252 e. The molecule has 0 unspecified atom stereocenters. The first-order chi connectivity index (χ1) is 18.6. The zero-order valence-electron chi connectivity index (χ0n) is 21.4. The smallest absolute Gasteiger partial charge is 0.0899 e. The molecule has 2 aliphatic rings. The number of nitrogens with zero attached hydrogens (tertiary/aromatic N) is 2. The van der Waals surface area contributed by atoms with Gasteiger partial charge in [0.05, 0.1) is 28.3 Å². The summed E-state index contributed by atoms with van der Waals surface area (Å²) in [6, 6.07) is 41.9. The summed E-state index contributed by atoms with van der Waals surface area (Å²) in [5, 5.41) is 0. The van der Waals surface area contributed by atoms with Crippen LogP contribution in [0.3, 0.4) is 0 Å². The molecule has 0 atom stereocenters. The number of para-hydroxylation sites is 2. The van der Waals surface area contributed by atoms with E-state index in [1.807, 2.05) is 30.5 Å². The fourth-order valence-electron chi connectivity index (χ4n) is 7.21. The van der Waals surface area contributed by atoms with E-state index in [9.17, 15) is 0 Å². The molecule has 0 fully saturated rings. The summed E-state index contributed by atoms with van der Waals surface area (Å²) >= 11 is 0. The van der Waals surface area contributed by atoms with E-state index in [-0.39, 0.29) is 5.41 Å². The number of hydrogen-bond acceptors (Lipinski definition) is 2. The lowest BCUT2D eigenvalue weighted by Crippen LogP contribution is -2.40. The van der Waals surface area contributed by atoms with Crippen molar-refractivity contribution < 1.29 is 0 Å². The van der Waals surface area contributed by atoms with Gasteiger partial charge >= 0.3 is 0 Å². The van der Waals surface area contributed by atoms with Crippen LogP contribution in [-0.4, -0.2) is 9.97 Å². The number of benzene rings is 5. The number of fused-ring (bicyclic) bond motifs is 10. The lowest BCUT2D eigenvalue weighted by atomic mass is 9.55. The molecule has 1 spiro atoms. The number of rotatable bonds is 1. The molecule has 1 heterocycles. The maximum atomic E-state index is 5.08. The Morgan fingerprint density at radius 2 is 1.00 bits per heavy atom. The van der Waals surface area contributed by atoms with Crippen molar-refractivity contribution in [3.05, 3.63) is 155 Å². The van der Waals surface area contributed by atoms with E-state index >= 15 is 0 Å². The summed E-state index contributed by atoms with van der Waals surface area (Å²) in [5.74, 6) is 0. The Bertz CT molecular complexity index is 1860. The Morgan fingerprint density at radius 1 is 0.474 bits per heavy atom. The van der Waals surface area contributed by atoms with Crippen molar-refractivity contribution in [1.82, 2.24) is 9.97 Å². The predicted molar refractivity (Wildman–Crippen MR) is 154 cm³/mol. The molecule has 0 aliphatic heterocycles. The van der Waals surface area contributed by atoms with E-state index in [1.165, 1.54) is 44.5 Å². The van der Waals surface area contributed by atoms with E-state index in [4.69, 9.17) is 9.97 Å². The predicted octanol–water partition coefficient (Wildman–Crippen LogP) is 8.30. The van der Waals surface area contributed by atoms with Crippen LogP contribution in [0.5, 0.6) is 0 Å². The van der Waals surface area contributed by atoms with Gasteiger partial charge in [-0.05, 0) is 56.6 Å². The van der Waals surface area contributed by atoms with Crippen LogP contribution >= 0.6 is 0 Å². The van der Waals surface area contributed by atoms with Gasteiger partial charge in [0.2, 0.25) is 0 Å². The average molecular weight is 487 g/mol. The monoisotopic (exact) mass is 486 g/mol. The third kappa shape index (κ3) is 2.57. The summed E-state index contributed by atoms with van der Waals surface area (Å²) < 4.78 is 0. The van der Waals surface area contributed by atoms with Crippen LogP contribution in [0.2, 0.25) is 0 Å². The largest absolute Gasteiger partial charge is 0.252 e. The highest BCUT2D eigenvalue weighted by molar-refractivity contribution is 5.96. The number of aromatic nitrogens is 2. The fraction of sp³-hybridized carbons (Fsp3) is 0.111. The minimum atomic E-state index is -0.394. The molecular formula is C36H26N2. The molecule has 0 saturated heterocycles. The first kappa shape index (κ1) is 21.5. The molecular weight excluding hydrogens is 460 g/mol. The van der Waals surface area contributed by atoms with Crippen molar-refractivity contribution >= 4 is 11.0 Å². The van der Waals surface area contributed by atoms with Crippen molar-refractivity contribution in [3.63, 3.8) is 0 Å². The van der Waals surface area contributed by atoms with E-state index in [1.54, 1.807) is 0 Å². The van der Waals surface area contributed by atoms with Gasteiger partial charge in [0.15, 0.2) is 0 Å². The van der Waals surface area contributed by atoms with Gasteiger partial charge in [-0.1, -0.05) is 117 Å². The van der Waals surface area contributed by atoms with Gasteiger partial charge in [-0.3, -0.25) is 4.98 Å². The Morgan fingerprint density at radius 3 is 1.71 bits per heavy atom. The van der Waals surface area contributed by atoms with Crippen molar-refractivity contribution in [2.45, 2.75) is 24.7 Å². The lowest BCUT2D eigenvalue weighted by molar-refractivity contribution is 0.563. The van der Waals surface area contributed by atoms with Gasteiger partial charge in [0.1, 0.15) is 0 Å². The molecule has 0 radical (unpaired) electrons. The maximum Gasteiger partial charge on any atom is 0.0899 e. The second kappa shape index (κ2) is 7.49. The SMILES string of the molecule is CC1(C)c2ccccc2C2(c3ccccc3-c3c(-c4cnc5ccccc5n4)cccc32)c2ccccc21. The molecule has 180 valence electrons. The molecule has 0 saturated carbocycles. The Labute approximate surface area is 222 Å². The van der Waals surface area contributed by atoms with Crippen molar-refractivity contribution in [2.24, 2.45) is 0 Å². The molecule has 2 aliphatic carbocycles. The first-order valence-corrected chi connectivity index (χ1v) is 13.3. The van der Waals surface area contributed by atoms with E-state index in [0.717, 1.165) is 22.3 Å². The molecule has 5 aromatic carbocycles. The van der Waals surface area contributed by atoms with Crippen molar-refractivity contribution in [3.8, 4) is 22.4 Å². The quantitative estimate of drug-likeness (QED) is 0.233. The maximum absolute atomic E-state index is 5.08. The summed E-state index contributed by atoms with van der Waals surface area (Å²) in [4.78, 5) is 9.85. The van der Waals surface area contributed by atoms with E-state index < -0.39 is 5.41 Å². The van der Waals surface area contributed by atoms with Crippen molar-refractivity contribution in [1.29, 1.82) is 0 Å². The van der Waals surface area contributed by atoms with Crippen LogP contribution in [0.1, 0.15) is 47.2 Å². The van der Waals surface area contributed by atoms with Crippen LogP contribution in [0.15, 0.2) is 121 Å². The van der Waals surface area contributed by atoms with E-state index in [2.05, 4.69) is 105 Å². The zero-order valence-corrected chi connectivity index (χ0v) is 21.4. The Balaban J connectivity index is 1.53. The molecule has 0 amide bonds. The summed E-state index contributed by atoms with van der Waals surface area (Å²) in [6.07, 6.45) is 1.93. The van der Waals surface area contributed by atoms with Crippen LogP contribution in [0.4, 0.5) is 0 Å². The highest BCUT2D eigenvalue weighted by Gasteiger charge is 2.53. The van der Waals surface area contributed by atoms with Crippen LogP contribution < -0.4 is 0 Å². The van der Waals surface area contributed by atoms with Gasteiger partial charge in [-0.25, -0.2) is 4.98 Å². The summed E-state index contributed by atoms with van der Waals surface area (Å²) in [5.41, 5.74) is 14.1. The highest BCUT2D eigenvalue weighted by Crippen LogP contribution is 2.63. The highest BCUT2D eigenvalue weighted by atomic mass is 14.8. The Hall–Kier alpha value is -4.56. The van der Waals surface area contributed by atoms with Crippen molar-refractivity contribution in [2.75, 3.05) is 0 Å². The molecule has 2 nitrogen and oxygen atoms in total. The topological polar surface area (TPSA) is 25.8 Å². The van der Waals surface area contributed by atoms with Gasteiger partial charge in [0, 0.05) is 11.0 Å². The molecule has 1 aromatic heterocycles. The third-order valence-electron chi connectivity index (χ3n) is 8.80. The van der Waals surface area contributed by atoms with E-state index in [0.29, 0.717) is 0 Å². The van der Waals surface area contributed by atoms with Gasteiger partial charge in [-0.15, -0.1) is 0 Å².